The zero-order valence-corrected chi connectivity index (χ0v) is 10.1. The van der Waals surface area contributed by atoms with Gasteiger partial charge < -0.3 is 10.5 Å². The fourth-order valence-corrected chi connectivity index (χ4v) is 2.17. The summed E-state index contributed by atoms with van der Waals surface area (Å²) in [4.78, 5) is 25.9. The van der Waals surface area contributed by atoms with Crippen LogP contribution < -0.4 is 11.1 Å². The van der Waals surface area contributed by atoms with Gasteiger partial charge in [0.1, 0.15) is 5.00 Å². The fraction of sp³-hybridized carbons (Fsp3) is 0.286. The van der Waals surface area contributed by atoms with Crippen molar-refractivity contribution in [1.29, 1.82) is 0 Å². The molecule has 1 aromatic rings. The van der Waals surface area contributed by atoms with Gasteiger partial charge in [0.15, 0.2) is 9.61 Å². The summed E-state index contributed by atoms with van der Waals surface area (Å²) in [5.41, 5.74) is 4.99. The maximum Gasteiger partial charge on any atom is 0.360 e. The van der Waals surface area contributed by atoms with Gasteiger partial charge in [-0.25, -0.2) is 14.6 Å². The molecule has 0 aliphatic heterocycles. The van der Waals surface area contributed by atoms with Crippen LogP contribution in [0.3, 0.4) is 0 Å². The molecule has 0 atom stereocenters. The Labute approximate surface area is 97.9 Å². The van der Waals surface area contributed by atoms with Crippen molar-refractivity contribution in [2.24, 2.45) is 5.73 Å². The first-order chi connectivity index (χ1) is 7.04. The number of halogens is 1. The molecular formula is C7H8BrN3O3S. The van der Waals surface area contributed by atoms with E-state index >= 15 is 0 Å². The summed E-state index contributed by atoms with van der Waals surface area (Å²) in [7, 11) is 0. The minimum atomic E-state index is -0.753. The van der Waals surface area contributed by atoms with E-state index < -0.39 is 12.0 Å². The van der Waals surface area contributed by atoms with Crippen LogP contribution in [-0.4, -0.2) is 23.6 Å². The molecule has 6 nitrogen and oxygen atoms in total. The van der Waals surface area contributed by atoms with E-state index in [0.717, 1.165) is 11.3 Å². The highest BCUT2D eigenvalue weighted by atomic mass is 79.9. The topological polar surface area (TPSA) is 94.3 Å². The van der Waals surface area contributed by atoms with Gasteiger partial charge in [-0.3, -0.25) is 5.32 Å². The molecule has 1 aromatic heterocycles. The molecule has 0 unspecified atom stereocenters. The molecule has 0 aliphatic carbocycles. The van der Waals surface area contributed by atoms with Crippen molar-refractivity contribution in [3.8, 4) is 0 Å². The Balaban J connectivity index is 2.95. The second-order valence-corrected chi connectivity index (χ2v) is 4.63. The van der Waals surface area contributed by atoms with Crippen LogP contribution in [0.4, 0.5) is 9.80 Å². The lowest BCUT2D eigenvalue weighted by molar-refractivity contribution is 0.0521. The number of nitrogens with one attached hydrogen (secondary N) is 1. The van der Waals surface area contributed by atoms with Crippen LogP contribution in [0, 0.1) is 0 Å². The van der Waals surface area contributed by atoms with E-state index in [1.165, 1.54) is 0 Å². The van der Waals surface area contributed by atoms with E-state index in [0.29, 0.717) is 3.92 Å². The maximum absolute atomic E-state index is 11.4. The molecule has 2 amide bonds. The third kappa shape index (κ3) is 3.17. The zero-order valence-electron chi connectivity index (χ0n) is 7.74. The number of aromatic nitrogens is 1. The van der Waals surface area contributed by atoms with Crippen LogP contribution >= 0.6 is 27.3 Å². The van der Waals surface area contributed by atoms with Crippen molar-refractivity contribution < 1.29 is 14.3 Å². The Hall–Kier alpha value is -1.15. The van der Waals surface area contributed by atoms with Crippen molar-refractivity contribution >= 4 is 44.3 Å². The van der Waals surface area contributed by atoms with Crippen LogP contribution in [0.25, 0.3) is 0 Å². The average molecular weight is 294 g/mol. The van der Waals surface area contributed by atoms with Gasteiger partial charge in [-0.1, -0.05) is 11.3 Å². The maximum atomic E-state index is 11.4. The molecular weight excluding hydrogens is 286 g/mol. The van der Waals surface area contributed by atoms with E-state index in [9.17, 15) is 9.59 Å². The first kappa shape index (κ1) is 11.9. The van der Waals surface area contributed by atoms with E-state index in [1.807, 2.05) is 0 Å². The van der Waals surface area contributed by atoms with Crippen molar-refractivity contribution in [3.05, 3.63) is 9.61 Å². The Bertz CT molecular complexity index is 393. The molecule has 0 saturated heterocycles. The molecule has 1 rings (SSSR count). The molecule has 8 heteroatoms. The minimum absolute atomic E-state index is 0.0486. The van der Waals surface area contributed by atoms with Crippen molar-refractivity contribution in [2.45, 2.75) is 6.92 Å². The number of esters is 1. The van der Waals surface area contributed by atoms with Gasteiger partial charge in [0, 0.05) is 0 Å². The number of nitrogens with two attached hydrogens (primary N) is 1. The summed E-state index contributed by atoms with van der Waals surface area (Å²) in [5.74, 6) is -0.594. The van der Waals surface area contributed by atoms with E-state index in [1.54, 1.807) is 6.92 Å². The van der Waals surface area contributed by atoms with E-state index in [4.69, 9.17) is 10.5 Å². The molecule has 0 aliphatic rings. The summed E-state index contributed by atoms with van der Waals surface area (Å²) < 4.78 is 5.22. The molecule has 1 heterocycles. The number of anilines is 1. The Morgan fingerprint density at radius 2 is 2.33 bits per heavy atom. The van der Waals surface area contributed by atoms with Crippen LogP contribution in [0.15, 0.2) is 3.92 Å². The number of hydrogen-bond donors (Lipinski definition) is 2. The number of amides is 2. The standard InChI is InChI=1S/C7H8BrN3O3S/c1-2-14-5(12)3-4(11-7(9)13)15-6(8)10-3/h2H2,1H3,(H3,9,11,13). The Kier molecular flexibility index (Phi) is 4.04. The SMILES string of the molecule is CCOC(=O)c1nc(Br)sc1NC(N)=O. The lowest BCUT2D eigenvalue weighted by atomic mass is 10.4. The smallest absolute Gasteiger partial charge is 0.360 e. The molecule has 0 radical (unpaired) electrons. The van der Waals surface area contributed by atoms with E-state index in [-0.39, 0.29) is 17.3 Å². The number of carbonyl (C=O) groups is 2. The molecule has 0 spiro atoms. The highest BCUT2D eigenvalue weighted by molar-refractivity contribution is 9.11. The van der Waals surface area contributed by atoms with Gasteiger partial charge in [0.2, 0.25) is 0 Å². The molecule has 0 bridgehead atoms. The van der Waals surface area contributed by atoms with Crippen LogP contribution in [0.1, 0.15) is 17.4 Å². The molecule has 0 saturated carbocycles. The lowest BCUT2D eigenvalue weighted by Gasteiger charge is -2.01. The van der Waals surface area contributed by atoms with Gasteiger partial charge in [0.05, 0.1) is 6.61 Å². The second kappa shape index (κ2) is 5.08. The van der Waals surface area contributed by atoms with Gasteiger partial charge in [-0.15, -0.1) is 0 Å². The summed E-state index contributed by atoms with van der Waals surface area (Å²) in [6.45, 7) is 1.92. The van der Waals surface area contributed by atoms with Gasteiger partial charge in [-0.2, -0.15) is 0 Å². The molecule has 15 heavy (non-hydrogen) atoms. The number of thiazole rings is 1. The number of carbonyl (C=O) groups excluding carboxylic acids is 2. The summed E-state index contributed by atoms with van der Waals surface area (Å²) >= 11 is 4.19. The molecule has 82 valence electrons. The van der Waals surface area contributed by atoms with Crippen LogP contribution in [-0.2, 0) is 4.74 Å². The summed E-state index contributed by atoms with van der Waals surface area (Å²) in [6, 6.07) is -0.753. The first-order valence-corrected chi connectivity index (χ1v) is 5.55. The predicted octanol–water partition coefficient (Wildman–Crippen LogP) is 1.57. The number of nitrogens with zero attached hydrogens (tertiary/aromatic N) is 1. The van der Waals surface area contributed by atoms with Crippen LogP contribution in [0.2, 0.25) is 0 Å². The number of urea groups is 1. The second-order valence-electron chi connectivity index (χ2n) is 2.35. The Morgan fingerprint density at radius 1 is 1.67 bits per heavy atom. The molecule has 3 N–H and O–H groups in total. The third-order valence-electron chi connectivity index (χ3n) is 1.31. The minimum Gasteiger partial charge on any atom is -0.461 e. The number of ether oxygens (including phenoxy) is 1. The van der Waals surface area contributed by atoms with Crippen molar-refractivity contribution in [1.82, 2.24) is 4.98 Å². The normalized spacial score (nSPS) is 9.73. The predicted molar refractivity (Wildman–Crippen MR) is 59.0 cm³/mol. The monoisotopic (exact) mass is 293 g/mol. The quantitative estimate of drug-likeness (QED) is 0.827. The summed E-state index contributed by atoms with van der Waals surface area (Å²) in [5, 5.41) is 2.57. The fourth-order valence-electron chi connectivity index (χ4n) is 0.828. The third-order valence-corrected chi connectivity index (χ3v) is 2.73. The Morgan fingerprint density at radius 3 is 2.87 bits per heavy atom. The lowest BCUT2D eigenvalue weighted by Crippen LogP contribution is -2.20. The van der Waals surface area contributed by atoms with Gasteiger partial charge in [-0.05, 0) is 22.9 Å². The van der Waals surface area contributed by atoms with Gasteiger partial charge >= 0.3 is 12.0 Å². The molecule has 0 aromatic carbocycles. The largest absolute Gasteiger partial charge is 0.461 e. The van der Waals surface area contributed by atoms with Gasteiger partial charge in [0.25, 0.3) is 0 Å². The zero-order chi connectivity index (χ0) is 11.4. The van der Waals surface area contributed by atoms with Crippen molar-refractivity contribution in [3.63, 3.8) is 0 Å². The van der Waals surface area contributed by atoms with Crippen molar-refractivity contribution in [2.75, 3.05) is 11.9 Å². The highest BCUT2D eigenvalue weighted by Gasteiger charge is 2.19. The van der Waals surface area contributed by atoms with Crippen LogP contribution in [0.5, 0.6) is 0 Å². The first-order valence-electron chi connectivity index (χ1n) is 3.94. The molecule has 0 fully saturated rings. The number of hydrogen-bond acceptors (Lipinski definition) is 5. The number of rotatable bonds is 3. The number of primary amides is 1. The summed E-state index contributed by atoms with van der Waals surface area (Å²) in [6.07, 6.45) is 0. The van der Waals surface area contributed by atoms with E-state index in [2.05, 4.69) is 26.2 Å². The highest BCUT2D eigenvalue weighted by Crippen LogP contribution is 2.28. The average Bonchev–Trinajstić information content (AvgIpc) is 2.46.